The van der Waals surface area contributed by atoms with Gasteiger partial charge in [-0.3, -0.25) is 4.79 Å². The van der Waals surface area contributed by atoms with Crippen molar-refractivity contribution >= 4 is 47.1 Å². The number of benzene rings is 2. The van der Waals surface area contributed by atoms with Gasteiger partial charge in [-0.25, -0.2) is 9.79 Å². The van der Waals surface area contributed by atoms with Crippen LogP contribution in [0.1, 0.15) is 35.6 Å². The molecule has 5 nitrogen and oxygen atoms in total. The summed E-state index contributed by atoms with van der Waals surface area (Å²) in [4.78, 5) is 28.1. The lowest BCUT2D eigenvalue weighted by molar-refractivity contribution is -0.134. The highest BCUT2D eigenvalue weighted by Crippen LogP contribution is 2.29. The van der Waals surface area contributed by atoms with E-state index in [4.69, 9.17) is 32.7 Å². The van der Waals surface area contributed by atoms with Crippen molar-refractivity contribution in [2.24, 2.45) is 4.99 Å². The summed E-state index contributed by atoms with van der Waals surface area (Å²) < 4.78 is 10.6. The molecule has 0 N–H and O–H groups in total. The molecule has 0 bridgehead atoms. The van der Waals surface area contributed by atoms with Crippen molar-refractivity contribution in [3.63, 3.8) is 0 Å². The molecule has 0 fully saturated rings. The van der Waals surface area contributed by atoms with Crippen LogP contribution in [0.25, 0.3) is 6.08 Å². The summed E-state index contributed by atoms with van der Waals surface area (Å²) in [6, 6.07) is 8.47. The monoisotopic (exact) mass is 417 g/mol. The fraction of sp³-hybridized carbons (Fsp3) is 0.190. The highest BCUT2D eigenvalue weighted by Gasteiger charge is 2.26. The Morgan fingerprint density at radius 2 is 1.86 bits per heavy atom. The van der Waals surface area contributed by atoms with Crippen LogP contribution in [0, 0.1) is 13.8 Å². The Kier molecular flexibility index (Phi) is 5.87. The summed E-state index contributed by atoms with van der Waals surface area (Å²) in [5, 5.41) is 0.818. The number of nitrogens with zero attached hydrogens (tertiary/aromatic N) is 1. The molecule has 1 aliphatic rings. The topological polar surface area (TPSA) is 65.0 Å². The second kappa shape index (κ2) is 8.17. The van der Waals surface area contributed by atoms with Crippen molar-refractivity contribution < 1.29 is 19.1 Å². The number of halogens is 2. The molecule has 0 aliphatic carbocycles. The highest BCUT2D eigenvalue weighted by atomic mass is 35.5. The first-order valence-electron chi connectivity index (χ1n) is 8.58. The molecule has 0 unspecified atom stereocenters. The van der Waals surface area contributed by atoms with Gasteiger partial charge in [-0.15, -0.1) is 0 Å². The van der Waals surface area contributed by atoms with Crippen LogP contribution in [0.5, 0.6) is 5.75 Å². The van der Waals surface area contributed by atoms with Gasteiger partial charge in [-0.05, 0) is 66.9 Å². The largest absolute Gasteiger partial charge is 0.426 e. The number of aliphatic imine (C=N–C) groups is 1. The molecule has 144 valence electrons. The van der Waals surface area contributed by atoms with Gasteiger partial charge in [-0.2, -0.15) is 0 Å². The molecule has 28 heavy (non-hydrogen) atoms. The first-order valence-corrected chi connectivity index (χ1v) is 9.34. The van der Waals surface area contributed by atoms with E-state index in [0.29, 0.717) is 27.8 Å². The Morgan fingerprint density at radius 1 is 1.18 bits per heavy atom. The number of cyclic esters (lactones) is 1. The molecule has 0 saturated heterocycles. The predicted octanol–water partition coefficient (Wildman–Crippen LogP) is 5.27. The van der Waals surface area contributed by atoms with Gasteiger partial charge in [0.2, 0.25) is 5.90 Å². The van der Waals surface area contributed by atoms with Gasteiger partial charge in [0.1, 0.15) is 5.75 Å². The molecule has 3 rings (SSSR count). The second-order valence-corrected chi connectivity index (χ2v) is 7.12. The summed E-state index contributed by atoms with van der Waals surface area (Å²) in [5.41, 5.74) is 2.94. The van der Waals surface area contributed by atoms with Gasteiger partial charge in [-0.1, -0.05) is 30.1 Å². The van der Waals surface area contributed by atoms with Gasteiger partial charge in [0.15, 0.2) is 5.70 Å². The van der Waals surface area contributed by atoms with Gasteiger partial charge in [0.05, 0.1) is 10.6 Å². The van der Waals surface area contributed by atoms with E-state index < -0.39 is 5.97 Å². The predicted molar refractivity (Wildman–Crippen MR) is 109 cm³/mol. The molecule has 2 aromatic rings. The standard InChI is InChI=1S/C21H17Cl2NO4/c1-4-18(25)27-19-11(2)7-13(8-12(19)3)9-17-21(26)28-20(24-17)15-6-5-14(22)10-16(15)23/h5-10H,4H2,1-3H3/b17-9-. The molecule has 1 heterocycles. The number of aryl methyl sites for hydroxylation is 2. The number of carbonyl (C=O) groups excluding carboxylic acids is 2. The van der Waals surface area contributed by atoms with Crippen molar-refractivity contribution in [1.29, 1.82) is 0 Å². The molecular weight excluding hydrogens is 401 g/mol. The van der Waals surface area contributed by atoms with Crippen LogP contribution in [0.3, 0.4) is 0 Å². The minimum absolute atomic E-state index is 0.125. The fourth-order valence-corrected chi connectivity index (χ4v) is 3.25. The van der Waals surface area contributed by atoms with Crippen molar-refractivity contribution in [1.82, 2.24) is 0 Å². The maximum Gasteiger partial charge on any atom is 0.363 e. The van der Waals surface area contributed by atoms with Gasteiger partial charge in [0, 0.05) is 11.4 Å². The van der Waals surface area contributed by atoms with E-state index in [9.17, 15) is 9.59 Å². The summed E-state index contributed by atoms with van der Waals surface area (Å²) in [5.74, 6) is -0.219. The molecule has 0 radical (unpaired) electrons. The Bertz CT molecular complexity index is 1020. The summed E-state index contributed by atoms with van der Waals surface area (Å²) >= 11 is 12.1. The molecule has 0 atom stereocenters. The highest BCUT2D eigenvalue weighted by molar-refractivity contribution is 6.37. The van der Waals surface area contributed by atoms with Crippen LogP contribution in [0.15, 0.2) is 41.0 Å². The molecule has 0 amide bonds. The first kappa shape index (κ1) is 20.1. The van der Waals surface area contributed by atoms with E-state index in [1.165, 1.54) is 0 Å². The van der Waals surface area contributed by atoms with E-state index in [0.717, 1.165) is 16.7 Å². The molecule has 2 aromatic carbocycles. The molecule has 0 aromatic heterocycles. The number of carbonyl (C=O) groups is 2. The quantitative estimate of drug-likeness (QED) is 0.386. The lowest BCUT2D eigenvalue weighted by atomic mass is 10.0. The maximum atomic E-state index is 12.2. The van der Waals surface area contributed by atoms with Crippen molar-refractivity contribution in [3.05, 3.63) is 68.3 Å². The van der Waals surface area contributed by atoms with Crippen LogP contribution in [0.2, 0.25) is 10.0 Å². The van der Waals surface area contributed by atoms with Crippen molar-refractivity contribution in [2.45, 2.75) is 27.2 Å². The summed E-state index contributed by atoms with van der Waals surface area (Å²) in [7, 11) is 0. The van der Waals surface area contributed by atoms with E-state index in [1.54, 1.807) is 31.2 Å². The van der Waals surface area contributed by atoms with E-state index in [1.807, 2.05) is 26.0 Å². The number of hydrogen-bond donors (Lipinski definition) is 0. The van der Waals surface area contributed by atoms with Crippen LogP contribution >= 0.6 is 23.2 Å². The zero-order chi connectivity index (χ0) is 20.4. The normalized spacial score (nSPS) is 14.8. The number of ether oxygens (including phenoxy) is 2. The molecule has 0 saturated carbocycles. The van der Waals surface area contributed by atoms with Gasteiger partial charge in [0.25, 0.3) is 0 Å². The van der Waals surface area contributed by atoms with Crippen LogP contribution in [-0.4, -0.2) is 17.8 Å². The SMILES string of the molecule is CCC(=O)Oc1c(C)cc(/C=C2\N=C(c3ccc(Cl)cc3Cl)OC2=O)cc1C. The van der Waals surface area contributed by atoms with E-state index in [-0.39, 0.29) is 17.6 Å². The summed E-state index contributed by atoms with van der Waals surface area (Å²) in [6.07, 6.45) is 1.91. The van der Waals surface area contributed by atoms with E-state index >= 15 is 0 Å². The number of rotatable bonds is 4. The average molecular weight is 418 g/mol. The minimum Gasteiger partial charge on any atom is -0.426 e. The van der Waals surface area contributed by atoms with Crippen molar-refractivity contribution in [2.75, 3.05) is 0 Å². The van der Waals surface area contributed by atoms with Gasteiger partial charge < -0.3 is 9.47 Å². The van der Waals surface area contributed by atoms with Crippen LogP contribution in [0.4, 0.5) is 0 Å². The Hall–Kier alpha value is -2.63. The van der Waals surface area contributed by atoms with Crippen LogP contribution < -0.4 is 4.74 Å². The minimum atomic E-state index is -0.571. The third kappa shape index (κ3) is 4.26. The average Bonchev–Trinajstić information content (AvgIpc) is 2.98. The van der Waals surface area contributed by atoms with E-state index in [2.05, 4.69) is 4.99 Å². The molecular formula is C21H17Cl2NO4. The maximum absolute atomic E-state index is 12.2. The van der Waals surface area contributed by atoms with Crippen LogP contribution in [-0.2, 0) is 14.3 Å². The smallest absolute Gasteiger partial charge is 0.363 e. The Morgan fingerprint density at radius 3 is 2.46 bits per heavy atom. The first-order chi connectivity index (χ1) is 13.3. The Balaban J connectivity index is 1.93. The van der Waals surface area contributed by atoms with Crippen molar-refractivity contribution in [3.8, 4) is 5.75 Å². The zero-order valence-corrected chi connectivity index (χ0v) is 17.0. The lowest BCUT2D eigenvalue weighted by Gasteiger charge is -2.11. The second-order valence-electron chi connectivity index (χ2n) is 6.27. The van der Waals surface area contributed by atoms with Gasteiger partial charge >= 0.3 is 11.9 Å². The summed E-state index contributed by atoms with van der Waals surface area (Å²) in [6.45, 7) is 5.41. The third-order valence-electron chi connectivity index (χ3n) is 4.07. The third-order valence-corrected chi connectivity index (χ3v) is 4.62. The molecule has 7 heteroatoms. The Labute approximate surface area is 172 Å². The molecule has 1 aliphatic heterocycles. The fourth-order valence-electron chi connectivity index (χ4n) is 2.76. The number of hydrogen-bond acceptors (Lipinski definition) is 5. The lowest BCUT2D eigenvalue weighted by Crippen LogP contribution is -2.08. The molecule has 0 spiro atoms. The zero-order valence-electron chi connectivity index (χ0n) is 15.5. The number of esters is 2.